The molecule has 0 aliphatic carbocycles. The Balaban J connectivity index is 2.05. The number of rotatable bonds is 3. The SMILES string of the molecule is Cc1cc(CNc2nsnc2Cl)n(C)n1. The van der Waals surface area contributed by atoms with Gasteiger partial charge in [-0.25, -0.2) is 0 Å². The van der Waals surface area contributed by atoms with E-state index in [4.69, 9.17) is 11.6 Å². The monoisotopic (exact) mass is 243 g/mol. The summed E-state index contributed by atoms with van der Waals surface area (Å²) in [5, 5.41) is 7.77. The van der Waals surface area contributed by atoms with E-state index < -0.39 is 0 Å². The van der Waals surface area contributed by atoms with Crippen molar-refractivity contribution in [3.63, 3.8) is 0 Å². The van der Waals surface area contributed by atoms with E-state index in [0.29, 0.717) is 17.5 Å². The predicted octanol–water partition coefficient (Wildman–Crippen LogP) is 1.85. The van der Waals surface area contributed by atoms with Crippen molar-refractivity contribution in [2.75, 3.05) is 5.32 Å². The second-order valence-corrected chi connectivity index (χ2v) is 4.04. The Labute approximate surface area is 96.4 Å². The summed E-state index contributed by atoms with van der Waals surface area (Å²) < 4.78 is 9.72. The van der Waals surface area contributed by atoms with Gasteiger partial charge in [0, 0.05) is 7.05 Å². The first-order valence-electron chi connectivity index (χ1n) is 4.38. The van der Waals surface area contributed by atoms with Crippen LogP contribution in [0.2, 0.25) is 5.15 Å². The van der Waals surface area contributed by atoms with E-state index in [1.807, 2.05) is 24.7 Å². The van der Waals surface area contributed by atoms with Crippen molar-refractivity contribution in [2.24, 2.45) is 7.05 Å². The van der Waals surface area contributed by atoms with Crippen LogP contribution in [0.3, 0.4) is 0 Å². The number of aryl methyl sites for hydroxylation is 2. The van der Waals surface area contributed by atoms with Crippen molar-refractivity contribution in [2.45, 2.75) is 13.5 Å². The van der Waals surface area contributed by atoms with Gasteiger partial charge in [-0.2, -0.15) is 13.8 Å². The molecule has 0 aliphatic heterocycles. The minimum Gasteiger partial charge on any atom is -0.361 e. The van der Waals surface area contributed by atoms with Crippen molar-refractivity contribution in [3.8, 4) is 0 Å². The van der Waals surface area contributed by atoms with E-state index in [1.165, 1.54) is 0 Å². The summed E-state index contributed by atoms with van der Waals surface area (Å²) >= 11 is 6.90. The van der Waals surface area contributed by atoms with Crippen LogP contribution >= 0.6 is 23.3 Å². The first-order valence-corrected chi connectivity index (χ1v) is 5.49. The molecule has 0 atom stereocenters. The molecule has 0 amide bonds. The molecule has 0 spiro atoms. The minimum atomic E-state index is 0.416. The van der Waals surface area contributed by atoms with Gasteiger partial charge >= 0.3 is 0 Å². The number of hydrogen-bond acceptors (Lipinski definition) is 5. The highest BCUT2D eigenvalue weighted by molar-refractivity contribution is 6.99. The maximum Gasteiger partial charge on any atom is 0.186 e. The van der Waals surface area contributed by atoms with Crippen LogP contribution in [0.25, 0.3) is 0 Å². The first kappa shape index (κ1) is 10.4. The number of hydrogen-bond donors (Lipinski definition) is 1. The summed E-state index contributed by atoms with van der Waals surface area (Å²) in [6.45, 7) is 2.60. The molecular weight excluding hydrogens is 234 g/mol. The molecule has 0 bridgehead atoms. The van der Waals surface area contributed by atoms with Gasteiger partial charge < -0.3 is 5.32 Å². The van der Waals surface area contributed by atoms with Crippen LogP contribution in [-0.4, -0.2) is 18.5 Å². The zero-order chi connectivity index (χ0) is 10.8. The van der Waals surface area contributed by atoms with Gasteiger partial charge in [0.05, 0.1) is 29.7 Å². The Kier molecular flexibility index (Phi) is 2.88. The lowest BCUT2D eigenvalue weighted by molar-refractivity contribution is 0.713. The van der Waals surface area contributed by atoms with Crippen molar-refractivity contribution in [1.82, 2.24) is 18.5 Å². The summed E-state index contributed by atoms with van der Waals surface area (Å²) in [5.74, 6) is 0.625. The standard InChI is InChI=1S/C8H10ClN5S/c1-5-3-6(14(2)11-5)4-10-8-7(9)12-15-13-8/h3H,4H2,1-2H3,(H,10,13). The Morgan fingerprint density at radius 2 is 2.33 bits per heavy atom. The van der Waals surface area contributed by atoms with Crippen molar-refractivity contribution in [1.29, 1.82) is 0 Å². The van der Waals surface area contributed by atoms with E-state index in [1.54, 1.807) is 0 Å². The van der Waals surface area contributed by atoms with Crippen LogP contribution in [0, 0.1) is 6.92 Å². The quantitative estimate of drug-likeness (QED) is 0.894. The largest absolute Gasteiger partial charge is 0.361 e. The number of aromatic nitrogens is 4. The maximum absolute atomic E-state index is 5.80. The lowest BCUT2D eigenvalue weighted by Crippen LogP contribution is -2.05. The third-order valence-corrected chi connectivity index (χ3v) is 2.88. The molecule has 0 aromatic carbocycles. The number of nitrogens with one attached hydrogen (secondary N) is 1. The van der Waals surface area contributed by atoms with Crippen molar-refractivity contribution >= 4 is 29.1 Å². The van der Waals surface area contributed by atoms with Gasteiger partial charge in [-0.05, 0) is 13.0 Å². The normalized spacial score (nSPS) is 10.6. The second-order valence-electron chi connectivity index (χ2n) is 3.16. The topological polar surface area (TPSA) is 55.6 Å². The molecule has 7 heteroatoms. The number of anilines is 1. The number of nitrogens with zero attached hydrogens (tertiary/aromatic N) is 4. The zero-order valence-corrected chi connectivity index (χ0v) is 9.93. The van der Waals surface area contributed by atoms with Crippen LogP contribution in [0.15, 0.2) is 6.07 Å². The highest BCUT2D eigenvalue weighted by atomic mass is 35.5. The second kappa shape index (κ2) is 4.16. The zero-order valence-electron chi connectivity index (χ0n) is 8.36. The molecule has 2 aromatic rings. The molecule has 5 nitrogen and oxygen atoms in total. The average Bonchev–Trinajstić information content (AvgIpc) is 2.70. The number of halogens is 1. The van der Waals surface area contributed by atoms with Gasteiger partial charge in [0.15, 0.2) is 11.0 Å². The highest BCUT2D eigenvalue weighted by Crippen LogP contribution is 2.18. The predicted molar refractivity (Wildman–Crippen MR) is 60.2 cm³/mol. The molecule has 1 N–H and O–H groups in total. The summed E-state index contributed by atoms with van der Waals surface area (Å²) in [5.41, 5.74) is 2.08. The fourth-order valence-corrected chi connectivity index (χ4v) is 1.97. The van der Waals surface area contributed by atoms with Gasteiger partial charge in [0.1, 0.15) is 0 Å². The van der Waals surface area contributed by atoms with Gasteiger partial charge in [0.25, 0.3) is 0 Å². The average molecular weight is 244 g/mol. The van der Waals surface area contributed by atoms with Crippen LogP contribution in [0.4, 0.5) is 5.82 Å². The minimum absolute atomic E-state index is 0.416. The third-order valence-electron chi connectivity index (χ3n) is 1.98. The molecule has 0 radical (unpaired) electrons. The van der Waals surface area contributed by atoms with E-state index in [2.05, 4.69) is 19.2 Å². The Hall–Kier alpha value is -1.14. The lowest BCUT2D eigenvalue weighted by Gasteiger charge is -2.02. The van der Waals surface area contributed by atoms with Crippen LogP contribution in [0.1, 0.15) is 11.4 Å². The fraction of sp³-hybridized carbons (Fsp3) is 0.375. The molecule has 0 unspecified atom stereocenters. The van der Waals surface area contributed by atoms with Gasteiger partial charge in [-0.3, -0.25) is 4.68 Å². The lowest BCUT2D eigenvalue weighted by atomic mass is 10.3. The molecule has 15 heavy (non-hydrogen) atoms. The molecule has 80 valence electrons. The van der Waals surface area contributed by atoms with Crippen LogP contribution < -0.4 is 5.32 Å². The fourth-order valence-electron chi connectivity index (χ4n) is 1.29. The van der Waals surface area contributed by atoms with Crippen LogP contribution in [0.5, 0.6) is 0 Å². The summed E-state index contributed by atoms with van der Waals surface area (Å²) in [7, 11) is 1.91. The smallest absolute Gasteiger partial charge is 0.186 e. The Morgan fingerprint density at radius 1 is 1.53 bits per heavy atom. The third kappa shape index (κ3) is 2.27. The van der Waals surface area contributed by atoms with E-state index in [-0.39, 0.29) is 0 Å². The Bertz CT molecular complexity index is 463. The summed E-state index contributed by atoms with van der Waals surface area (Å²) in [6.07, 6.45) is 0. The molecule has 2 rings (SSSR count). The maximum atomic E-state index is 5.80. The highest BCUT2D eigenvalue weighted by Gasteiger charge is 2.06. The molecule has 2 heterocycles. The van der Waals surface area contributed by atoms with Gasteiger partial charge in [-0.1, -0.05) is 11.6 Å². The molecule has 0 aliphatic rings. The first-order chi connectivity index (χ1) is 7.16. The van der Waals surface area contributed by atoms with E-state index >= 15 is 0 Å². The molecule has 0 fully saturated rings. The van der Waals surface area contributed by atoms with E-state index in [0.717, 1.165) is 23.1 Å². The summed E-state index contributed by atoms with van der Waals surface area (Å²) in [6, 6.07) is 2.01. The van der Waals surface area contributed by atoms with Crippen LogP contribution in [-0.2, 0) is 13.6 Å². The van der Waals surface area contributed by atoms with E-state index in [9.17, 15) is 0 Å². The van der Waals surface area contributed by atoms with Gasteiger partial charge in [-0.15, -0.1) is 0 Å². The van der Waals surface area contributed by atoms with Crippen molar-refractivity contribution < 1.29 is 0 Å². The molecule has 0 saturated carbocycles. The molecular formula is C8H10ClN5S. The summed E-state index contributed by atoms with van der Waals surface area (Å²) in [4.78, 5) is 0. The Morgan fingerprint density at radius 3 is 2.87 bits per heavy atom. The molecule has 2 aromatic heterocycles. The van der Waals surface area contributed by atoms with Gasteiger partial charge in [0.2, 0.25) is 0 Å². The van der Waals surface area contributed by atoms with Crippen molar-refractivity contribution in [3.05, 3.63) is 22.6 Å². The molecule has 0 saturated heterocycles.